The van der Waals surface area contributed by atoms with Crippen molar-refractivity contribution in [3.63, 3.8) is 0 Å². The minimum atomic E-state index is 0.216. The van der Waals surface area contributed by atoms with Crippen molar-refractivity contribution in [3.8, 4) is 0 Å². The van der Waals surface area contributed by atoms with Gasteiger partial charge in [-0.15, -0.1) is 11.8 Å². The SMILES string of the molecule is CC.CSc1cccc(CC(C)=O)c1. The molecule has 2 heteroatoms. The topological polar surface area (TPSA) is 17.1 Å². The van der Waals surface area contributed by atoms with Crippen LogP contribution in [0.1, 0.15) is 26.3 Å². The first-order chi connectivity index (χ1) is 6.72. The highest BCUT2D eigenvalue weighted by Crippen LogP contribution is 2.16. The maximum Gasteiger partial charge on any atom is 0.134 e. The summed E-state index contributed by atoms with van der Waals surface area (Å²) in [6.07, 6.45) is 2.58. The molecule has 0 radical (unpaired) electrons. The van der Waals surface area contributed by atoms with Crippen molar-refractivity contribution in [1.82, 2.24) is 0 Å². The number of hydrogen-bond donors (Lipinski definition) is 0. The number of carbonyl (C=O) groups is 1. The van der Waals surface area contributed by atoms with Crippen LogP contribution in [0, 0.1) is 0 Å². The third kappa shape index (κ3) is 5.07. The number of benzene rings is 1. The van der Waals surface area contributed by atoms with Crippen LogP contribution >= 0.6 is 11.8 Å². The lowest BCUT2D eigenvalue weighted by molar-refractivity contribution is -0.116. The van der Waals surface area contributed by atoms with Crippen LogP contribution in [0.25, 0.3) is 0 Å². The zero-order valence-corrected chi connectivity index (χ0v) is 10.1. The Morgan fingerprint density at radius 1 is 1.36 bits per heavy atom. The zero-order valence-electron chi connectivity index (χ0n) is 9.33. The van der Waals surface area contributed by atoms with Crippen molar-refractivity contribution >= 4 is 17.5 Å². The Morgan fingerprint density at radius 2 is 2.00 bits per heavy atom. The summed E-state index contributed by atoms with van der Waals surface area (Å²) >= 11 is 1.70. The second-order valence-electron chi connectivity index (χ2n) is 2.73. The van der Waals surface area contributed by atoms with E-state index in [1.54, 1.807) is 18.7 Å². The standard InChI is InChI=1S/C10H12OS.C2H6/c1-8(11)6-9-4-3-5-10(7-9)12-2;1-2/h3-5,7H,6H2,1-2H3;1-2H3. The summed E-state index contributed by atoms with van der Waals surface area (Å²) in [6.45, 7) is 5.62. The van der Waals surface area contributed by atoms with Gasteiger partial charge in [0.25, 0.3) is 0 Å². The Balaban J connectivity index is 0.000000791. The van der Waals surface area contributed by atoms with E-state index < -0.39 is 0 Å². The Labute approximate surface area is 90.9 Å². The van der Waals surface area contributed by atoms with Crippen molar-refractivity contribution in [2.75, 3.05) is 6.26 Å². The highest BCUT2D eigenvalue weighted by atomic mass is 32.2. The first-order valence-corrected chi connectivity index (χ1v) is 6.07. The summed E-state index contributed by atoms with van der Waals surface area (Å²) in [5, 5.41) is 0. The van der Waals surface area contributed by atoms with Gasteiger partial charge in [-0.2, -0.15) is 0 Å². The van der Waals surface area contributed by atoms with Crippen LogP contribution < -0.4 is 0 Å². The highest BCUT2D eigenvalue weighted by molar-refractivity contribution is 7.98. The predicted octanol–water partition coefficient (Wildman–Crippen LogP) is 3.57. The van der Waals surface area contributed by atoms with Crippen LogP contribution in [0.2, 0.25) is 0 Å². The fourth-order valence-electron chi connectivity index (χ4n) is 1.07. The molecule has 1 aromatic rings. The fraction of sp³-hybridized carbons (Fsp3) is 0.417. The largest absolute Gasteiger partial charge is 0.300 e. The second-order valence-corrected chi connectivity index (χ2v) is 3.61. The van der Waals surface area contributed by atoms with Gasteiger partial charge in [0.1, 0.15) is 5.78 Å². The molecule has 0 aromatic heterocycles. The van der Waals surface area contributed by atoms with E-state index in [0.29, 0.717) is 6.42 Å². The molecule has 0 atom stereocenters. The average molecular weight is 210 g/mol. The van der Waals surface area contributed by atoms with E-state index in [4.69, 9.17) is 0 Å². The molecule has 1 nitrogen and oxygen atoms in total. The molecule has 0 bridgehead atoms. The molecular weight excluding hydrogens is 192 g/mol. The number of Topliss-reactive ketones (excluding diaryl/α,β-unsaturated/α-hetero) is 1. The smallest absolute Gasteiger partial charge is 0.134 e. The Hall–Kier alpha value is -0.760. The summed E-state index contributed by atoms with van der Waals surface area (Å²) in [5.74, 6) is 0.216. The van der Waals surface area contributed by atoms with Crippen LogP contribution in [0.4, 0.5) is 0 Å². The van der Waals surface area contributed by atoms with E-state index in [9.17, 15) is 4.79 Å². The normalized spacial score (nSPS) is 8.86. The van der Waals surface area contributed by atoms with Gasteiger partial charge in [0.15, 0.2) is 0 Å². The Morgan fingerprint density at radius 3 is 2.50 bits per heavy atom. The minimum Gasteiger partial charge on any atom is -0.300 e. The van der Waals surface area contributed by atoms with E-state index in [0.717, 1.165) is 5.56 Å². The van der Waals surface area contributed by atoms with Gasteiger partial charge in [-0.1, -0.05) is 26.0 Å². The molecule has 0 amide bonds. The van der Waals surface area contributed by atoms with Gasteiger partial charge in [0.2, 0.25) is 0 Å². The summed E-state index contributed by atoms with van der Waals surface area (Å²) in [7, 11) is 0. The molecule has 0 heterocycles. The molecular formula is C12H18OS. The molecule has 0 aliphatic rings. The maximum atomic E-state index is 10.8. The third-order valence-corrected chi connectivity index (χ3v) is 2.31. The number of rotatable bonds is 3. The van der Waals surface area contributed by atoms with Gasteiger partial charge >= 0.3 is 0 Å². The molecule has 0 aliphatic heterocycles. The molecule has 0 fully saturated rings. The fourth-order valence-corrected chi connectivity index (χ4v) is 1.55. The van der Waals surface area contributed by atoms with Crippen LogP contribution in [-0.4, -0.2) is 12.0 Å². The first-order valence-electron chi connectivity index (χ1n) is 4.84. The summed E-state index contributed by atoms with van der Waals surface area (Å²) < 4.78 is 0. The molecule has 78 valence electrons. The third-order valence-electron chi connectivity index (χ3n) is 1.59. The number of hydrogen-bond acceptors (Lipinski definition) is 2. The lowest BCUT2D eigenvalue weighted by Gasteiger charge is -1.99. The summed E-state index contributed by atoms with van der Waals surface area (Å²) in [6, 6.07) is 8.09. The molecule has 14 heavy (non-hydrogen) atoms. The van der Waals surface area contributed by atoms with Crippen molar-refractivity contribution < 1.29 is 4.79 Å². The molecule has 0 saturated carbocycles. The number of carbonyl (C=O) groups excluding carboxylic acids is 1. The van der Waals surface area contributed by atoms with Gasteiger partial charge < -0.3 is 0 Å². The predicted molar refractivity (Wildman–Crippen MR) is 64.0 cm³/mol. The zero-order chi connectivity index (χ0) is 11.0. The van der Waals surface area contributed by atoms with Crippen LogP contribution in [0.5, 0.6) is 0 Å². The van der Waals surface area contributed by atoms with Crippen LogP contribution in [-0.2, 0) is 11.2 Å². The molecule has 0 saturated heterocycles. The van der Waals surface area contributed by atoms with Gasteiger partial charge in [-0.25, -0.2) is 0 Å². The van der Waals surface area contributed by atoms with Crippen molar-refractivity contribution in [2.45, 2.75) is 32.1 Å². The monoisotopic (exact) mass is 210 g/mol. The molecule has 1 aromatic carbocycles. The quantitative estimate of drug-likeness (QED) is 0.709. The molecule has 0 unspecified atom stereocenters. The maximum absolute atomic E-state index is 10.8. The van der Waals surface area contributed by atoms with Gasteiger partial charge in [0.05, 0.1) is 0 Å². The minimum absolute atomic E-state index is 0.216. The number of ketones is 1. The molecule has 0 spiro atoms. The summed E-state index contributed by atoms with van der Waals surface area (Å²) in [4.78, 5) is 12.0. The molecule has 0 aliphatic carbocycles. The van der Waals surface area contributed by atoms with E-state index in [2.05, 4.69) is 6.07 Å². The van der Waals surface area contributed by atoms with Gasteiger partial charge in [0, 0.05) is 11.3 Å². The Kier molecular flexibility index (Phi) is 7.21. The lowest BCUT2D eigenvalue weighted by atomic mass is 10.1. The Bertz CT molecular complexity index is 281. The lowest BCUT2D eigenvalue weighted by Crippen LogP contribution is -1.95. The summed E-state index contributed by atoms with van der Waals surface area (Å²) in [5.41, 5.74) is 1.11. The second kappa shape index (κ2) is 7.63. The first kappa shape index (κ1) is 13.2. The van der Waals surface area contributed by atoms with Crippen LogP contribution in [0.3, 0.4) is 0 Å². The molecule has 0 N–H and O–H groups in total. The van der Waals surface area contributed by atoms with Crippen molar-refractivity contribution in [2.24, 2.45) is 0 Å². The average Bonchev–Trinajstić information content (AvgIpc) is 2.20. The van der Waals surface area contributed by atoms with Crippen LogP contribution in [0.15, 0.2) is 29.2 Å². The van der Waals surface area contributed by atoms with E-state index in [-0.39, 0.29) is 5.78 Å². The van der Waals surface area contributed by atoms with E-state index in [1.807, 2.05) is 38.3 Å². The van der Waals surface area contributed by atoms with Crippen molar-refractivity contribution in [1.29, 1.82) is 0 Å². The van der Waals surface area contributed by atoms with Gasteiger partial charge in [-0.05, 0) is 30.9 Å². The van der Waals surface area contributed by atoms with E-state index >= 15 is 0 Å². The van der Waals surface area contributed by atoms with Gasteiger partial charge in [-0.3, -0.25) is 4.79 Å². The molecule has 1 rings (SSSR count). The number of thioether (sulfide) groups is 1. The van der Waals surface area contributed by atoms with Crippen molar-refractivity contribution in [3.05, 3.63) is 29.8 Å². The van der Waals surface area contributed by atoms with E-state index in [1.165, 1.54) is 4.90 Å². The highest BCUT2D eigenvalue weighted by Gasteiger charge is 1.97.